The fourth-order valence-corrected chi connectivity index (χ4v) is 5.77. The van der Waals surface area contributed by atoms with Crippen molar-refractivity contribution in [3.05, 3.63) is 53.9 Å². The third-order valence-electron chi connectivity index (χ3n) is 5.97. The Balaban J connectivity index is 1.56. The van der Waals surface area contributed by atoms with Crippen LogP contribution < -0.4 is 9.64 Å². The first-order chi connectivity index (χ1) is 14.2. The van der Waals surface area contributed by atoms with Crippen molar-refractivity contribution in [1.82, 2.24) is 9.88 Å². The molecule has 2 fully saturated rings. The summed E-state index contributed by atoms with van der Waals surface area (Å²) in [5.41, 5.74) is 3.52. The Kier molecular flexibility index (Phi) is 5.12. The number of pyridine rings is 1. The Morgan fingerprint density at radius 1 is 1.17 bits per heavy atom. The molecule has 0 aliphatic carbocycles. The molecule has 3 aliphatic heterocycles. The highest BCUT2D eigenvalue weighted by molar-refractivity contribution is 8.14. The maximum Gasteiger partial charge on any atom is 0.160 e. The fourth-order valence-electron chi connectivity index (χ4n) is 4.67. The van der Waals surface area contributed by atoms with Gasteiger partial charge in [0.05, 0.1) is 18.3 Å². The zero-order chi connectivity index (χ0) is 19.8. The van der Waals surface area contributed by atoms with Gasteiger partial charge in [-0.25, -0.2) is 0 Å². The maximum atomic E-state index is 6.18. The van der Waals surface area contributed by atoms with Gasteiger partial charge in [-0.3, -0.25) is 9.98 Å². The number of benzene rings is 1. The molecule has 0 bridgehead atoms. The predicted octanol–water partition coefficient (Wildman–Crippen LogP) is 4.67. The van der Waals surface area contributed by atoms with Gasteiger partial charge in [-0.1, -0.05) is 30.8 Å². The van der Waals surface area contributed by atoms with Gasteiger partial charge in [0.1, 0.15) is 11.8 Å². The average molecular weight is 409 g/mol. The van der Waals surface area contributed by atoms with Crippen LogP contribution in [0.25, 0.3) is 0 Å². The molecule has 152 valence electrons. The lowest BCUT2D eigenvalue weighted by Gasteiger charge is -2.29. The number of aromatic nitrogens is 1. The van der Waals surface area contributed by atoms with Gasteiger partial charge in [-0.05, 0) is 38.0 Å². The molecule has 0 N–H and O–H groups in total. The van der Waals surface area contributed by atoms with Gasteiger partial charge >= 0.3 is 0 Å². The number of aliphatic imine (C=N–C) groups is 1. The Morgan fingerprint density at radius 2 is 2.03 bits per heavy atom. The van der Waals surface area contributed by atoms with Gasteiger partial charge < -0.3 is 14.5 Å². The zero-order valence-corrected chi connectivity index (χ0v) is 17.9. The lowest BCUT2D eigenvalue weighted by Crippen LogP contribution is -2.29. The first kappa shape index (κ1) is 18.8. The number of fused-ring (bicyclic) bond motifs is 1. The molecule has 0 amide bonds. The summed E-state index contributed by atoms with van der Waals surface area (Å²) in [6.07, 6.45) is 4.41. The van der Waals surface area contributed by atoms with Gasteiger partial charge in [0.25, 0.3) is 0 Å². The minimum atomic E-state index is 0.00282. The molecule has 5 nitrogen and oxygen atoms in total. The van der Waals surface area contributed by atoms with Crippen LogP contribution in [0.3, 0.4) is 0 Å². The SMILES string of the molecule is CCOc1cc(N2CCCC2)ccc1[C@@H]1[C@@H](c2ccccn2)N=C2S[C@@H](C)CN21. The first-order valence-electron chi connectivity index (χ1n) is 10.7. The van der Waals surface area contributed by atoms with E-state index in [0.29, 0.717) is 11.9 Å². The van der Waals surface area contributed by atoms with Gasteiger partial charge in [-0.2, -0.15) is 0 Å². The van der Waals surface area contributed by atoms with E-state index in [0.717, 1.165) is 36.2 Å². The number of rotatable bonds is 5. The van der Waals surface area contributed by atoms with E-state index in [9.17, 15) is 0 Å². The zero-order valence-electron chi connectivity index (χ0n) is 17.1. The molecule has 6 heteroatoms. The van der Waals surface area contributed by atoms with E-state index in [4.69, 9.17) is 9.73 Å². The standard InChI is InChI=1S/C23H28N4OS/c1-3-28-20-14-17(26-12-6-7-13-26)9-10-18(20)22-21(19-8-4-5-11-24-19)25-23-27(22)15-16(2)29-23/h4-5,8-11,14,16,21-22H,3,6-7,12-13,15H2,1-2H3/t16-,21+,22+/m0/s1. The molecule has 1 aromatic carbocycles. The molecular weight excluding hydrogens is 380 g/mol. The molecular formula is C23H28N4OS. The molecule has 0 spiro atoms. The molecule has 3 aliphatic rings. The number of anilines is 1. The topological polar surface area (TPSA) is 41.0 Å². The van der Waals surface area contributed by atoms with Crippen LogP contribution >= 0.6 is 11.8 Å². The van der Waals surface area contributed by atoms with Crippen LogP contribution in [0.1, 0.15) is 50.0 Å². The van der Waals surface area contributed by atoms with E-state index in [1.54, 1.807) is 0 Å². The third kappa shape index (κ3) is 3.48. The van der Waals surface area contributed by atoms with Crippen molar-refractivity contribution in [3.8, 4) is 5.75 Å². The molecule has 3 atom stereocenters. The van der Waals surface area contributed by atoms with Crippen molar-refractivity contribution in [2.24, 2.45) is 4.99 Å². The third-order valence-corrected chi connectivity index (χ3v) is 7.07. The molecule has 2 aromatic rings. The minimum Gasteiger partial charge on any atom is -0.493 e. The van der Waals surface area contributed by atoms with Crippen molar-refractivity contribution in [2.75, 3.05) is 31.1 Å². The summed E-state index contributed by atoms with van der Waals surface area (Å²) in [6, 6.07) is 13.0. The Labute approximate surface area is 177 Å². The lowest BCUT2D eigenvalue weighted by molar-refractivity contribution is 0.292. The molecule has 5 rings (SSSR count). The smallest absolute Gasteiger partial charge is 0.160 e. The second-order valence-corrected chi connectivity index (χ2v) is 9.39. The number of hydrogen-bond acceptors (Lipinski definition) is 6. The molecule has 0 saturated carbocycles. The van der Waals surface area contributed by atoms with E-state index >= 15 is 0 Å². The number of nitrogens with zero attached hydrogens (tertiary/aromatic N) is 4. The maximum absolute atomic E-state index is 6.18. The van der Waals surface area contributed by atoms with E-state index in [-0.39, 0.29) is 12.1 Å². The van der Waals surface area contributed by atoms with Crippen LogP contribution in [-0.4, -0.2) is 46.5 Å². The Hall–Kier alpha value is -2.21. The molecule has 0 radical (unpaired) electrons. The van der Waals surface area contributed by atoms with Crippen LogP contribution in [0.2, 0.25) is 0 Å². The molecule has 2 saturated heterocycles. The van der Waals surface area contributed by atoms with E-state index in [1.807, 2.05) is 24.0 Å². The van der Waals surface area contributed by atoms with Crippen LogP contribution in [-0.2, 0) is 0 Å². The predicted molar refractivity (Wildman–Crippen MR) is 120 cm³/mol. The van der Waals surface area contributed by atoms with Crippen LogP contribution in [0.4, 0.5) is 5.69 Å². The molecule has 4 heterocycles. The second kappa shape index (κ2) is 7.90. The lowest BCUT2D eigenvalue weighted by atomic mass is 9.95. The normalized spacial score (nSPS) is 26.0. The summed E-state index contributed by atoms with van der Waals surface area (Å²) < 4.78 is 6.18. The van der Waals surface area contributed by atoms with Crippen LogP contribution in [0.5, 0.6) is 5.75 Å². The van der Waals surface area contributed by atoms with Gasteiger partial charge in [0.2, 0.25) is 0 Å². The van der Waals surface area contributed by atoms with Gasteiger partial charge in [0.15, 0.2) is 5.17 Å². The summed E-state index contributed by atoms with van der Waals surface area (Å²) in [5, 5.41) is 1.70. The quantitative estimate of drug-likeness (QED) is 0.719. The molecule has 0 unspecified atom stereocenters. The van der Waals surface area contributed by atoms with E-state index in [2.05, 4.69) is 59.0 Å². The monoisotopic (exact) mass is 408 g/mol. The summed E-state index contributed by atoms with van der Waals surface area (Å²) >= 11 is 1.87. The Morgan fingerprint density at radius 3 is 2.79 bits per heavy atom. The molecule has 1 aromatic heterocycles. The summed E-state index contributed by atoms with van der Waals surface area (Å²) in [5.74, 6) is 0.990. The molecule has 29 heavy (non-hydrogen) atoms. The number of hydrogen-bond donors (Lipinski definition) is 0. The number of amidine groups is 1. The summed E-state index contributed by atoms with van der Waals surface area (Å²) in [4.78, 5) is 14.7. The van der Waals surface area contributed by atoms with Gasteiger partial charge in [0, 0.05) is 48.4 Å². The van der Waals surface area contributed by atoms with E-state index < -0.39 is 0 Å². The van der Waals surface area contributed by atoms with Crippen molar-refractivity contribution in [2.45, 2.75) is 44.0 Å². The largest absolute Gasteiger partial charge is 0.493 e. The van der Waals surface area contributed by atoms with Crippen molar-refractivity contribution >= 4 is 22.6 Å². The number of ether oxygens (including phenoxy) is 1. The summed E-state index contributed by atoms with van der Waals surface area (Å²) in [7, 11) is 0. The highest BCUT2D eigenvalue weighted by atomic mass is 32.2. The van der Waals surface area contributed by atoms with Crippen LogP contribution in [0, 0.1) is 0 Å². The minimum absolute atomic E-state index is 0.00282. The summed E-state index contributed by atoms with van der Waals surface area (Å²) in [6.45, 7) is 8.29. The van der Waals surface area contributed by atoms with Gasteiger partial charge in [-0.15, -0.1) is 0 Å². The highest BCUT2D eigenvalue weighted by Crippen LogP contribution is 2.50. The van der Waals surface area contributed by atoms with Crippen molar-refractivity contribution < 1.29 is 4.74 Å². The Bertz CT molecular complexity index is 897. The van der Waals surface area contributed by atoms with Crippen molar-refractivity contribution in [1.29, 1.82) is 0 Å². The van der Waals surface area contributed by atoms with E-state index in [1.165, 1.54) is 24.1 Å². The van der Waals surface area contributed by atoms with Crippen LogP contribution in [0.15, 0.2) is 47.6 Å². The average Bonchev–Trinajstić information content (AvgIpc) is 3.45. The first-order valence-corrected chi connectivity index (χ1v) is 11.6. The highest BCUT2D eigenvalue weighted by Gasteiger charge is 2.44. The fraction of sp³-hybridized carbons (Fsp3) is 0.478. The second-order valence-electron chi connectivity index (χ2n) is 7.99. The number of thioether (sulfide) groups is 1. The van der Waals surface area contributed by atoms with Crippen molar-refractivity contribution in [3.63, 3.8) is 0 Å².